The van der Waals surface area contributed by atoms with Crippen LogP contribution in [-0.2, 0) is 21.2 Å². The molecule has 136 valence electrons. The van der Waals surface area contributed by atoms with Crippen LogP contribution in [0.25, 0.3) is 0 Å². The van der Waals surface area contributed by atoms with Gasteiger partial charge in [-0.3, -0.25) is 9.52 Å². The number of nitrogens with one attached hydrogen (secondary N) is 1. The number of methoxy groups -OCH3 is 1. The van der Waals surface area contributed by atoms with Gasteiger partial charge in [-0.1, -0.05) is 0 Å². The number of anilines is 2. The Morgan fingerprint density at radius 2 is 1.92 bits per heavy atom. The van der Waals surface area contributed by atoms with E-state index in [0.717, 1.165) is 36.2 Å². The highest BCUT2D eigenvalue weighted by molar-refractivity contribution is 7.92. The summed E-state index contributed by atoms with van der Waals surface area (Å²) in [5.41, 5.74) is 3.40. The van der Waals surface area contributed by atoms with E-state index < -0.39 is 10.0 Å². The number of nitrogens with zero attached hydrogens (tertiary/aromatic N) is 1. The molecule has 2 aliphatic rings. The molecule has 1 amide bonds. The number of aryl methyl sites for hydroxylation is 1. The Kier molecular flexibility index (Phi) is 3.91. The van der Waals surface area contributed by atoms with Crippen LogP contribution in [0.5, 0.6) is 5.75 Å². The summed E-state index contributed by atoms with van der Waals surface area (Å²) in [6.45, 7) is 2.61. The molecule has 26 heavy (non-hydrogen) atoms. The van der Waals surface area contributed by atoms with Crippen molar-refractivity contribution >= 4 is 27.3 Å². The molecule has 0 saturated carbocycles. The number of amides is 1. The monoisotopic (exact) mass is 372 g/mol. The van der Waals surface area contributed by atoms with Crippen LogP contribution >= 0.6 is 0 Å². The lowest BCUT2D eigenvalue weighted by molar-refractivity contribution is -0.119. The second-order valence-corrected chi connectivity index (χ2v) is 8.35. The Labute approximate surface area is 152 Å². The van der Waals surface area contributed by atoms with Crippen molar-refractivity contribution in [2.24, 2.45) is 0 Å². The molecule has 1 N–H and O–H groups in total. The molecule has 0 saturated heterocycles. The van der Waals surface area contributed by atoms with E-state index in [1.165, 1.54) is 19.2 Å². The van der Waals surface area contributed by atoms with Crippen molar-refractivity contribution in [3.8, 4) is 5.75 Å². The van der Waals surface area contributed by atoms with Gasteiger partial charge in [-0.2, -0.15) is 0 Å². The molecule has 2 aliphatic heterocycles. The SMILES string of the molecule is COc1ccc(S(=O)(=O)Nc2cc3c4c(c2)[C@@H](C)C(=O)N4CCC3)cc1. The highest BCUT2D eigenvalue weighted by Crippen LogP contribution is 2.44. The zero-order valence-electron chi connectivity index (χ0n) is 14.7. The smallest absolute Gasteiger partial charge is 0.261 e. The van der Waals surface area contributed by atoms with Crippen molar-refractivity contribution in [1.29, 1.82) is 0 Å². The van der Waals surface area contributed by atoms with E-state index in [1.807, 2.05) is 17.9 Å². The van der Waals surface area contributed by atoms with Crippen molar-refractivity contribution in [3.05, 3.63) is 47.5 Å². The number of hydrogen-bond donors (Lipinski definition) is 1. The summed E-state index contributed by atoms with van der Waals surface area (Å²) in [4.78, 5) is 14.4. The summed E-state index contributed by atoms with van der Waals surface area (Å²) in [5.74, 6) is 0.446. The number of benzene rings is 2. The molecule has 0 aromatic heterocycles. The van der Waals surface area contributed by atoms with Crippen molar-refractivity contribution < 1.29 is 17.9 Å². The summed E-state index contributed by atoms with van der Waals surface area (Å²) < 4.78 is 33.1. The first-order chi connectivity index (χ1) is 12.4. The van der Waals surface area contributed by atoms with E-state index in [4.69, 9.17) is 4.74 Å². The molecule has 0 fully saturated rings. The van der Waals surface area contributed by atoms with Crippen molar-refractivity contribution in [2.45, 2.75) is 30.6 Å². The van der Waals surface area contributed by atoms with E-state index in [0.29, 0.717) is 11.4 Å². The van der Waals surface area contributed by atoms with Crippen LogP contribution in [-0.4, -0.2) is 28.0 Å². The first-order valence-electron chi connectivity index (χ1n) is 8.56. The number of hydrogen-bond acceptors (Lipinski definition) is 4. The minimum Gasteiger partial charge on any atom is -0.497 e. The highest BCUT2D eigenvalue weighted by atomic mass is 32.2. The Morgan fingerprint density at radius 3 is 2.62 bits per heavy atom. The van der Waals surface area contributed by atoms with Gasteiger partial charge in [0.1, 0.15) is 5.75 Å². The topological polar surface area (TPSA) is 75.7 Å². The Morgan fingerprint density at radius 1 is 1.19 bits per heavy atom. The first-order valence-corrected chi connectivity index (χ1v) is 10.0. The quantitative estimate of drug-likeness (QED) is 0.895. The Balaban J connectivity index is 1.70. The fraction of sp³-hybridized carbons (Fsp3) is 0.316. The van der Waals surface area contributed by atoms with Gasteiger partial charge in [0.05, 0.1) is 23.6 Å². The number of sulfonamides is 1. The molecule has 0 radical (unpaired) electrons. The Hall–Kier alpha value is -2.54. The second kappa shape index (κ2) is 6.02. The van der Waals surface area contributed by atoms with Crippen LogP contribution in [0, 0.1) is 0 Å². The number of ether oxygens (including phenoxy) is 1. The van der Waals surface area contributed by atoms with Crippen LogP contribution in [0.3, 0.4) is 0 Å². The fourth-order valence-corrected chi connectivity index (χ4v) is 4.76. The lowest BCUT2D eigenvalue weighted by Gasteiger charge is -2.26. The Bertz CT molecular complexity index is 983. The third kappa shape index (κ3) is 2.63. The molecule has 0 aliphatic carbocycles. The third-order valence-corrected chi connectivity index (χ3v) is 6.44. The largest absolute Gasteiger partial charge is 0.497 e. The predicted octanol–water partition coefficient (Wildman–Crippen LogP) is 2.89. The average molecular weight is 372 g/mol. The van der Waals surface area contributed by atoms with Gasteiger partial charge in [0.15, 0.2) is 0 Å². The predicted molar refractivity (Wildman–Crippen MR) is 99.3 cm³/mol. The summed E-state index contributed by atoms with van der Waals surface area (Å²) in [6.07, 6.45) is 1.73. The van der Waals surface area contributed by atoms with E-state index in [2.05, 4.69) is 4.72 Å². The second-order valence-electron chi connectivity index (χ2n) is 6.67. The molecule has 1 atom stereocenters. The van der Waals surface area contributed by atoms with Gasteiger partial charge >= 0.3 is 0 Å². The average Bonchev–Trinajstić information content (AvgIpc) is 2.88. The van der Waals surface area contributed by atoms with Crippen LogP contribution in [0.15, 0.2) is 41.3 Å². The highest BCUT2D eigenvalue weighted by Gasteiger charge is 2.38. The molecule has 2 aromatic rings. The van der Waals surface area contributed by atoms with Crippen molar-refractivity contribution in [2.75, 3.05) is 23.3 Å². The summed E-state index contributed by atoms with van der Waals surface area (Å²) in [7, 11) is -2.18. The maximum Gasteiger partial charge on any atom is 0.261 e. The number of rotatable bonds is 4. The molecule has 0 bridgehead atoms. The van der Waals surface area contributed by atoms with Gasteiger partial charge in [0, 0.05) is 12.2 Å². The van der Waals surface area contributed by atoms with Gasteiger partial charge in [-0.05, 0) is 67.3 Å². The molecule has 7 heteroatoms. The molecule has 0 spiro atoms. The lowest BCUT2D eigenvalue weighted by Crippen LogP contribution is -2.32. The number of carbonyl (C=O) groups is 1. The number of carbonyl (C=O) groups excluding carboxylic acids is 1. The standard InChI is InChI=1S/C19H20N2O4S/c1-12-17-11-14(10-13-4-3-9-21(18(13)17)19(12)22)20-26(23,24)16-7-5-15(25-2)6-8-16/h5-8,10-12,20H,3-4,9H2,1-2H3/t12-/m1/s1. The van der Waals surface area contributed by atoms with Crippen molar-refractivity contribution in [1.82, 2.24) is 0 Å². The van der Waals surface area contributed by atoms with Crippen LogP contribution in [0.1, 0.15) is 30.4 Å². The minimum absolute atomic E-state index is 0.0936. The van der Waals surface area contributed by atoms with Crippen LogP contribution in [0.4, 0.5) is 11.4 Å². The normalized spacial score (nSPS) is 18.6. The summed E-state index contributed by atoms with van der Waals surface area (Å²) in [5, 5.41) is 0. The molecule has 6 nitrogen and oxygen atoms in total. The molecule has 0 unspecified atom stereocenters. The van der Waals surface area contributed by atoms with Gasteiger partial charge in [0.2, 0.25) is 5.91 Å². The molecule has 2 heterocycles. The third-order valence-electron chi connectivity index (χ3n) is 5.04. The van der Waals surface area contributed by atoms with E-state index in [1.54, 1.807) is 18.2 Å². The van der Waals surface area contributed by atoms with Gasteiger partial charge < -0.3 is 9.64 Å². The zero-order valence-corrected chi connectivity index (χ0v) is 15.5. The van der Waals surface area contributed by atoms with E-state index in [-0.39, 0.29) is 16.7 Å². The van der Waals surface area contributed by atoms with Gasteiger partial charge in [0.25, 0.3) is 10.0 Å². The molecule has 2 aromatic carbocycles. The van der Waals surface area contributed by atoms with Crippen molar-refractivity contribution in [3.63, 3.8) is 0 Å². The van der Waals surface area contributed by atoms with Crippen LogP contribution in [0.2, 0.25) is 0 Å². The maximum absolute atomic E-state index is 12.7. The van der Waals surface area contributed by atoms with E-state index >= 15 is 0 Å². The van der Waals surface area contributed by atoms with Gasteiger partial charge in [-0.25, -0.2) is 8.42 Å². The zero-order chi connectivity index (χ0) is 18.5. The summed E-state index contributed by atoms with van der Waals surface area (Å²) >= 11 is 0. The minimum atomic E-state index is -3.71. The first kappa shape index (κ1) is 16.9. The van der Waals surface area contributed by atoms with Crippen LogP contribution < -0.4 is 14.4 Å². The molecular formula is C19H20N2O4S. The molecule has 4 rings (SSSR count). The summed E-state index contributed by atoms with van der Waals surface area (Å²) in [6, 6.07) is 9.86. The lowest BCUT2D eigenvalue weighted by atomic mass is 9.96. The fourth-order valence-electron chi connectivity index (χ4n) is 3.72. The maximum atomic E-state index is 12.7. The molecular weight excluding hydrogens is 352 g/mol. The van der Waals surface area contributed by atoms with Gasteiger partial charge in [-0.15, -0.1) is 0 Å². The van der Waals surface area contributed by atoms with E-state index in [9.17, 15) is 13.2 Å².